The maximum atomic E-state index is 6.17. The van der Waals surface area contributed by atoms with E-state index >= 15 is 0 Å². The zero-order chi connectivity index (χ0) is 14.5. The van der Waals surface area contributed by atoms with Crippen LogP contribution in [0.25, 0.3) is 0 Å². The zero-order valence-corrected chi connectivity index (χ0v) is 13.5. The smallest absolute Gasteiger partial charge is 0.0927 e. The maximum Gasteiger partial charge on any atom is 0.0927 e. The minimum Gasteiger partial charge on any atom is -0.381 e. The second kappa shape index (κ2) is 7.13. The second-order valence-electron chi connectivity index (χ2n) is 6.16. The van der Waals surface area contributed by atoms with Gasteiger partial charge in [0.1, 0.15) is 0 Å². The van der Waals surface area contributed by atoms with Crippen molar-refractivity contribution in [3.63, 3.8) is 0 Å². The van der Waals surface area contributed by atoms with Gasteiger partial charge in [0.2, 0.25) is 0 Å². The van der Waals surface area contributed by atoms with Crippen LogP contribution in [0.15, 0.2) is 5.38 Å². The molecule has 0 amide bonds. The average Bonchev–Trinajstić information content (AvgIpc) is 3.03. The Balaban J connectivity index is 1.72. The van der Waals surface area contributed by atoms with E-state index < -0.39 is 0 Å². The maximum absolute atomic E-state index is 6.17. The zero-order valence-electron chi connectivity index (χ0n) is 12.7. The molecule has 1 aromatic heterocycles. The topological polar surface area (TPSA) is 56.3 Å². The van der Waals surface area contributed by atoms with Crippen molar-refractivity contribution in [1.82, 2.24) is 14.9 Å². The van der Waals surface area contributed by atoms with Gasteiger partial charge >= 0.3 is 0 Å². The molecule has 0 saturated carbocycles. The highest BCUT2D eigenvalue weighted by molar-refractivity contribution is 7.03. The Morgan fingerprint density at radius 2 is 2.29 bits per heavy atom. The lowest BCUT2D eigenvalue weighted by atomic mass is 9.77. The standard InChI is InChI=1S/C15H25N3O2S/c1-2-6-16-14(13-11-21-18-17-13)12-3-7-20-15(10-12)4-8-19-9-5-15/h11-12,14,16H,2-10H2,1H3. The van der Waals surface area contributed by atoms with Crippen molar-refractivity contribution in [3.8, 4) is 0 Å². The normalized spacial score (nSPS) is 26.8. The molecule has 0 bridgehead atoms. The van der Waals surface area contributed by atoms with E-state index in [-0.39, 0.29) is 5.60 Å². The molecule has 21 heavy (non-hydrogen) atoms. The number of aromatic nitrogens is 2. The average molecular weight is 311 g/mol. The summed E-state index contributed by atoms with van der Waals surface area (Å²) < 4.78 is 15.7. The molecule has 0 aliphatic carbocycles. The number of hydrogen-bond acceptors (Lipinski definition) is 6. The lowest BCUT2D eigenvalue weighted by Gasteiger charge is -2.45. The van der Waals surface area contributed by atoms with Gasteiger partial charge in [0.05, 0.1) is 17.3 Å². The fraction of sp³-hybridized carbons (Fsp3) is 0.867. The molecule has 2 aliphatic rings. The molecular formula is C15H25N3O2S. The number of hydrogen-bond donors (Lipinski definition) is 1. The first kappa shape index (κ1) is 15.3. The lowest BCUT2D eigenvalue weighted by molar-refractivity contribution is -0.150. The fourth-order valence-corrected chi connectivity index (χ4v) is 4.05. The van der Waals surface area contributed by atoms with E-state index in [9.17, 15) is 0 Å². The SMILES string of the molecule is CCCNC(c1csnn1)C1CCOC2(CCOCC2)C1. The first-order valence-corrected chi connectivity index (χ1v) is 8.89. The third-order valence-electron chi connectivity index (χ3n) is 4.72. The van der Waals surface area contributed by atoms with Crippen LogP contribution in [-0.2, 0) is 9.47 Å². The van der Waals surface area contributed by atoms with Gasteiger partial charge in [-0.2, -0.15) is 0 Å². The van der Waals surface area contributed by atoms with Crippen LogP contribution in [0.1, 0.15) is 50.8 Å². The van der Waals surface area contributed by atoms with E-state index in [1.165, 1.54) is 11.5 Å². The number of nitrogens with zero attached hydrogens (tertiary/aromatic N) is 2. The van der Waals surface area contributed by atoms with Crippen LogP contribution < -0.4 is 5.32 Å². The van der Waals surface area contributed by atoms with Crippen molar-refractivity contribution in [2.45, 2.75) is 50.7 Å². The highest BCUT2D eigenvalue weighted by atomic mass is 32.1. The van der Waals surface area contributed by atoms with Gasteiger partial charge in [-0.25, -0.2) is 0 Å². The Kier molecular flexibility index (Phi) is 5.21. The molecule has 2 aliphatic heterocycles. The van der Waals surface area contributed by atoms with Crippen LogP contribution in [0.5, 0.6) is 0 Å². The molecule has 1 N–H and O–H groups in total. The van der Waals surface area contributed by atoms with Gasteiger partial charge in [0, 0.05) is 25.2 Å². The molecule has 2 saturated heterocycles. The van der Waals surface area contributed by atoms with Crippen molar-refractivity contribution in [2.75, 3.05) is 26.4 Å². The minimum atomic E-state index is 0.0385. The summed E-state index contributed by atoms with van der Waals surface area (Å²) in [4.78, 5) is 0. The Labute approximate surface area is 130 Å². The Morgan fingerprint density at radius 1 is 1.43 bits per heavy atom. The van der Waals surface area contributed by atoms with Crippen LogP contribution in [0, 0.1) is 5.92 Å². The summed E-state index contributed by atoms with van der Waals surface area (Å²) in [7, 11) is 0. The molecular weight excluding hydrogens is 286 g/mol. The van der Waals surface area contributed by atoms with E-state index in [2.05, 4.69) is 27.2 Å². The van der Waals surface area contributed by atoms with Crippen LogP contribution in [0.4, 0.5) is 0 Å². The summed E-state index contributed by atoms with van der Waals surface area (Å²) in [5.74, 6) is 0.576. The first-order chi connectivity index (χ1) is 10.3. The Morgan fingerprint density at radius 3 is 3.00 bits per heavy atom. The van der Waals surface area contributed by atoms with Crippen molar-refractivity contribution in [3.05, 3.63) is 11.1 Å². The third kappa shape index (κ3) is 3.62. The predicted octanol–water partition coefficient (Wildman–Crippen LogP) is 2.55. The highest BCUT2D eigenvalue weighted by Gasteiger charge is 2.41. The molecule has 0 aromatic carbocycles. The summed E-state index contributed by atoms with van der Waals surface area (Å²) in [6.07, 6.45) is 5.39. The first-order valence-electron chi connectivity index (χ1n) is 8.05. The van der Waals surface area contributed by atoms with E-state index in [0.29, 0.717) is 12.0 Å². The highest BCUT2D eigenvalue weighted by Crippen LogP contribution is 2.41. The Hall–Kier alpha value is -0.560. The molecule has 6 heteroatoms. The van der Waals surface area contributed by atoms with Gasteiger partial charge in [-0.15, -0.1) is 5.10 Å². The van der Waals surface area contributed by atoms with Gasteiger partial charge in [0.15, 0.2) is 0 Å². The second-order valence-corrected chi connectivity index (χ2v) is 6.77. The molecule has 3 heterocycles. The summed E-state index contributed by atoms with van der Waals surface area (Å²) in [6, 6.07) is 0.312. The van der Waals surface area contributed by atoms with E-state index in [1.54, 1.807) is 0 Å². The molecule has 1 aromatic rings. The Bertz CT molecular complexity index is 415. The number of ether oxygens (including phenoxy) is 2. The third-order valence-corrected chi connectivity index (χ3v) is 5.24. The van der Waals surface area contributed by atoms with Gasteiger partial charge in [-0.1, -0.05) is 11.4 Å². The largest absolute Gasteiger partial charge is 0.381 e. The fourth-order valence-electron chi connectivity index (χ4n) is 3.56. The molecule has 0 radical (unpaired) electrons. The number of nitrogens with one attached hydrogen (secondary N) is 1. The van der Waals surface area contributed by atoms with Crippen LogP contribution in [0.3, 0.4) is 0 Å². The van der Waals surface area contributed by atoms with Crippen molar-refractivity contribution >= 4 is 11.5 Å². The summed E-state index contributed by atoms with van der Waals surface area (Å²) in [6.45, 7) is 5.74. The molecule has 5 nitrogen and oxygen atoms in total. The number of rotatable bonds is 5. The molecule has 1 spiro atoms. The molecule has 3 rings (SSSR count). The van der Waals surface area contributed by atoms with Crippen LogP contribution in [0.2, 0.25) is 0 Å². The minimum absolute atomic E-state index is 0.0385. The quantitative estimate of drug-likeness (QED) is 0.905. The molecule has 118 valence electrons. The van der Waals surface area contributed by atoms with Crippen molar-refractivity contribution < 1.29 is 9.47 Å². The van der Waals surface area contributed by atoms with E-state index in [0.717, 1.165) is 64.2 Å². The van der Waals surface area contributed by atoms with Crippen LogP contribution in [-0.4, -0.2) is 41.6 Å². The molecule has 2 unspecified atom stereocenters. The molecule has 2 fully saturated rings. The van der Waals surface area contributed by atoms with E-state index in [1.807, 2.05) is 0 Å². The van der Waals surface area contributed by atoms with Gasteiger partial charge in [-0.3, -0.25) is 0 Å². The monoisotopic (exact) mass is 311 g/mol. The van der Waals surface area contributed by atoms with E-state index in [4.69, 9.17) is 9.47 Å². The predicted molar refractivity (Wildman–Crippen MR) is 82.4 cm³/mol. The molecule has 2 atom stereocenters. The van der Waals surface area contributed by atoms with Crippen LogP contribution >= 0.6 is 11.5 Å². The lowest BCUT2D eigenvalue weighted by Crippen LogP contribution is -2.47. The van der Waals surface area contributed by atoms with Gasteiger partial charge in [-0.05, 0) is 56.1 Å². The summed E-state index contributed by atoms with van der Waals surface area (Å²) >= 11 is 1.44. The van der Waals surface area contributed by atoms with Crippen molar-refractivity contribution in [1.29, 1.82) is 0 Å². The summed E-state index contributed by atoms with van der Waals surface area (Å²) in [5, 5.41) is 10.1. The van der Waals surface area contributed by atoms with Gasteiger partial charge < -0.3 is 14.8 Å². The summed E-state index contributed by atoms with van der Waals surface area (Å²) in [5.41, 5.74) is 1.14. The van der Waals surface area contributed by atoms with Crippen molar-refractivity contribution in [2.24, 2.45) is 5.92 Å². The van der Waals surface area contributed by atoms with Gasteiger partial charge in [0.25, 0.3) is 0 Å².